The summed E-state index contributed by atoms with van der Waals surface area (Å²) < 4.78 is 19.6. The van der Waals surface area contributed by atoms with Gasteiger partial charge in [-0.25, -0.2) is 9.18 Å². The lowest BCUT2D eigenvalue weighted by Crippen LogP contribution is -2.37. The number of amides is 1. The minimum Gasteiger partial charge on any atom is -0.444 e. The molecule has 0 saturated heterocycles. The molecule has 1 aromatic rings. The number of hydrogen-bond donors (Lipinski definition) is 1. The summed E-state index contributed by atoms with van der Waals surface area (Å²) in [6.07, 6.45) is -0.433. The Hall–Kier alpha value is -1.14. The second-order valence-electron chi connectivity index (χ2n) is 6.01. The molecular weight excluding hydrogens is 351 g/mol. The molecule has 0 bridgehead atoms. The van der Waals surface area contributed by atoms with Gasteiger partial charge in [0.2, 0.25) is 0 Å². The minimum atomic E-state index is -0.506. The highest BCUT2D eigenvalue weighted by Crippen LogP contribution is 2.19. The number of rotatable bonds is 6. The van der Waals surface area contributed by atoms with Crippen molar-refractivity contribution in [3.8, 4) is 0 Å². The molecule has 0 aliphatic rings. The summed E-state index contributed by atoms with van der Waals surface area (Å²) in [5.74, 6) is -0.235. The van der Waals surface area contributed by atoms with Gasteiger partial charge in [-0.3, -0.25) is 4.90 Å². The van der Waals surface area contributed by atoms with Gasteiger partial charge in [0.15, 0.2) is 0 Å². The van der Waals surface area contributed by atoms with Crippen LogP contribution in [-0.2, 0) is 11.3 Å². The fourth-order valence-electron chi connectivity index (χ4n) is 1.89. The van der Waals surface area contributed by atoms with Crippen LogP contribution in [0.2, 0.25) is 0 Å². The van der Waals surface area contributed by atoms with Crippen LogP contribution in [0.15, 0.2) is 22.7 Å². The molecule has 0 radical (unpaired) electrons. The maximum absolute atomic E-state index is 14.0. The summed E-state index contributed by atoms with van der Waals surface area (Å²) in [4.78, 5) is 13.6. The summed E-state index contributed by atoms with van der Waals surface area (Å²) in [5.41, 5.74) is 0.127. The molecule has 1 rings (SSSR count). The SMILES string of the molecule is CCN(CCNC(=O)OC(C)(C)C)Cc1cccc(Br)c1F. The monoisotopic (exact) mass is 374 g/mol. The molecule has 0 heterocycles. The van der Waals surface area contributed by atoms with E-state index in [1.54, 1.807) is 12.1 Å². The first kappa shape index (κ1) is 18.9. The third-order valence-electron chi connectivity index (χ3n) is 2.97. The standard InChI is InChI=1S/C16H24BrFN2O2/c1-5-20(10-9-19-15(21)22-16(2,3)4)11-12-7-6-8-13(17)14(12)18/h6-8H,5,9-11H2,1-4H3,(H,19,21). The molecule has 0 aromatic heterocycles. The Bertz CT molecular complexity index is 503. The molecule has 4 nitrogen and oxygen atoms in total. The molecule has 1 aromatic carbocycles. The predicted molar refractivity (Wildman–Crippen MR) is 89.3 cm³/mol. The van der Waals surface area contributed by atoms with Crippen LogP contribution in [0, 0.1) is 5.82 Å². The van der Waals surface area contributed by atoms with Gasteiger partial charge in [-0.15, -0.1) is 0 Å². The van der Waals surface area contributed by atoms with Gasteiger partial charge >= 0.3 is 6.09 Å². The second-order valence-corrected chi connectivity index (χ2v) is 6.86. The number of benzene rings is 1. The third-order valence-corrected chi connectivity index (χ3v) is 3.58. The number of nitrogens with zero attached hydrogens (tertiary/aromatic N) is 1. The van der Waals surface area contributed by atoms with E-state index in [4.69, 9.17) is 4.74 Å². The number of halogens is 2. The van der Waals surface area contributed by atoms with Crippen molar-refractivity contribution in [3.05, 3.63) is 34.1 Å². The molecule has 0 fully saturated rings. The first-order valence-electron chi connectivity index (χ1n) is 7.35. The van der Waals surface area contributed by atoms with Crippen LogP contribution in [0.4, 0.5) is 9.18 Å². The molecule has 1 N–H and O–H groups in total. The lowest BCUT2D eigenvalue weighted by molar-refractivity contribution is 0.0522. The van der Waals surface area contributed by atoms with E-state index < -0.39 is 11.7 Å². The summed E-state index contributed by atoms with van der Waals surface area (Å²) >= 11 is 3.19. The highest BCUT2D eigenvalue weighted by atomic mass is 79.9. The Balaban J connectivity index is 2.46. The van der Waals surface area contributed by atoms with E-state index in [0.717, 1.165) is 6.54 Å². The summed E-state index contributed by atoms with van der Waals surface area (Å²) in [7, 11) is 0. The molecule has 0 unspecified atom stereocenters. The van der Waals surface area contributed by atoms with E-state index in [1.165, 1.54) is 0 Å². The van der Waals surface area contributed by atoms with Crippen LogP contribution >= 0.6 is 15.9 Å². The van der Waals surface area contributed by atoms with Gasteiger partial charge in [0, 0.05) is 25.2 Å². The quantitative estimate of drug-likeness (QED) is 0.819. The molecule has 124 valence electrons. The predicted octanol–water partition coefficient (Wildman–Crippen LogP) is 3.93. The van der Waals surface area contributed by atoms with Crippen LogP contribution in [0.1, 0.15) is 33.3 Å². The highest BCUT2D eigenvalue weighted by molar-refractivity contribution is 9.10. The topological polar surface area (TPSA) is 41.6 Å². The molecule has 22 heavy (non-hydrogen) atoms. The van der Waals surface area contributed by atoms with E-state index in [0.29, 0.717) is 29.7 Å². The number of nitrogens with one attached hydrogen (secondary N) is 1. The van der Waals surface area contributed by atoms with E-state index in [2.05, 4.69) is 26.1 Å². The Morgan fingerprint density at radius 2 is 2.09 bits per heavy atom. The largest absolute Gasteiger partial charge is 0.444 e. The van der Waals surface area contributed by atoms with Crippen molar-refractivity contribution in [3.63, 3.8) is 0 Å². The maximum atomic E-state index is 14.0. The lowest BCUT2D eigenvalue weighted by atomic mass is 10.2. The fourth-order valence-corrected chi connectivity index (χ4v) is 2.30. The van der Waals surface area contributed by atoms with Crippen LogP contribution < -0.4 is 5.32 Å². The summed E-state index contributed by atoms with van der Waals surface area (Å²) in [6, 6.07) is 5.26. The molecule has 6 heteroatoms. The van der Waals surface area contributed by atoms with E-state index >= 15 is 0 Å². The van der Waals surface area contributed by atoms with Crippen LogP contribution in [0.25, 0.3) is 0 Å². The Kier molecular flexibility index (Phi) is 7.29. The molecule has 0 spiro atoms. The average molecular weight is 375 g/mol. The molecule has 0 saturated carbocycles. The van der Waals surface area contributed by atoms with Crippen molar-refractivity contribution in [2.24, 2.45) is 0 Å². The van der Waals surface area contributed by atoms with Crippen LogP contribution in [0.3, 0.4) is 0 Å². The van der Waals surface area contributed by atoms with E-state index in [9.17, 15) is 9.18 Å². The van der Waals surface area contributed by atoms with Gasteiger partial charge in [-0.05, 0) is 49.3 Å². The first-order valence-corrected chi connectivity index (χ1v) is 8.14. The van der Waals surface area contributed by atoms with Gasteiger partial charge in [-0.1, -0.05) is 19.1 Å². The van der Waals surface area contributed by atoms with E-state index in [1.807, 2.05) is 33.8 Å². The highest BCUT2D eigenvalue weighted by Gasteiger charge is 2.16. The molecule has 0 atom stereocenters. The molecule has 0 aliphatic carbocycles. The molecular formula is C16H24BrFN2O2. The number of alkyl carbamates (subject to hydrolysis) is 1. The first-order chi connectivity index (χ1) is 10.2. The summed E-state index contributed by atoms with van der Waals surface area (Å²) in [6.45, 7) is 9.81. The molecule has 1 amide bonds. The van der Waals surface area contributed by atoms with Crippen molar-refractivity contribution < 1.29 is 13.9 Å². The van der Waals surface area contributed by atoms with Crippen molar-refractivity contribution in [2.75, 3.05) is 19.6 Å². The molecule has 0 aliphatic heterocycles. The van der Waals surface area contributed by atoms with Crippen LogP contribution in [0.5, 0.6) is 0 Å². The normalized spacial score (nSPS) is 11.6. The van der Waals surface area contributed by atoms with Gasteiger partial charge in [0.25, 0.3) is 0 Å². The third kappa shape index (κ3) is 6.75. The van der Waals surface area contributed by atoms with Crippen molar-refractivity contribution in [1.29, 1.82) is 0 Å². The maximum Gasteiger partial charge on any atom is 0.407 e. The Morgan fingerprint density at radius 1 is 1.41 bits per heavy atom. The number of ether oxygens (including phenoxy) is 1. The Labute approximate surface area is 140 Å². The van der Waals surface area contributed by atoms with Crippen molar-refractivity contribution >= 4 is 22.0 Å². The smallest absolute Gasteiger partial charge is 0.407 e. The number of likely N-dealkylation sites (N-methyl/N-ethyl adjacent to an activating group) is 1. The van der Waals surface area contributed by atoms with Crippen molar-refractivity contribution in [2.45, 2.75) is 39.8 Å². The zero-order chi connectivity index (χ0) is 16.8. The number of carbonyl (C=O) groups is 1. The fraction of sp³-hybridized carbons (Fsp3) is 0.562. The zero-order valence-corrected chi connectivity index (χ0v) is 15.2. The van der Waals surface area contributed by atoms with Gasteiger partial charge in [-0.2, -0.15) is 0 Å². The minimum absolute atomic E-state index is 0.235. The van der Waals surface area contributed by atoms with Gasteiger partial charge < -0.3 is 10.1 Å². The lowest BCUT2D eigenvalue weighted by Gasteiger charge is -2.23. The Morgan fingerprint density at radius 3 is 2.68 bits per heavy atom. The number of hydrogen-bond acceptors (Lipinski definition) is 3. The zero-order valence-electron chi connectivity index (χ0n) is 13.6. The second kappa shape index (κ2) is 8.48. The van der Waals surface area contributed by atoms with Gasteiger partial charge in [0.1, 0.15) is 11.4 Å². The average Bonchev–Trinajstić information content (AvgIpc) is 2.40. The summed E-state index contributed by atoms with van der Waals surface area (Å²) in [5, 5.41) is 2.71. The van der Waals surface area contributed by atoms with E-state index in [-0.39, 0.29) is 5.82 Å². The van der Waals surface area contributed by atoms with Crippen LogP contribution in [-0.4, -0.2) is 36.2 Å². The van der Waals surface area contributed by atoms with Crippen molar-refractivity contribution in [1.82, 2.24) is 10.2 Å². The number of carbonyl (C=O) groups excluding carboxylic acids is 1. The van der Waals surface area contributed by atoms with Gasteiger partial charge in [0.05, 0.1) is 4.47 Å².